The van der Waals surface area contributed by atoms with Crippen LogP contribution in [0.5, 0.6) is 0 Å². The summed E-state index contributed by atoms with van der Waals surface area (Å²) in [5, 5.41) is 8.95. The van der Waals surface area contributed by atoms with Crippen molar-refractivity contribution in [2.75, 3.05) is 13.7 Å². The maximum Gasteiger partial charge on any atom is 0.372 e. The predicted molar refractivity (Wildman–Crippen MR) is 61.0 cm³/mol. The number of nitrogens with zero attached hydrogens (tertiary/aromatic N) is 1. The molecule has 0 spiro atoms. The van der Waals surface area contributed by atoms with Gasteiger partial charge in [0.1, 0.15) is 0 Å². The molecule has 0 aromatic carbocycles. The fraction of sp³-hybridized carbons (Fsp3) is 0.583. The summed E-state index contributed by atoms with van der Waals surface area (Å²) in [5.74, 6) is -0.988. The summed E-state index contributed by atoms with van der Waals surface area (Å²) in [7, 11) is 1.98. The Bertz CT molecular complexity index is 401. The van der Waals surface area contributed by atoms with E-state index in [1.54, 1.807) is 6.07 Å². The molecule has 5 heteroatoms. The minimum Gasteiger partial charge on any atom is -0.475 e. The van der Waals surface area contributed by atoms with Crippen molar-refractivity contribution in [2.45, 2.75) is 32.0 Å². The lowest BCUT2D eigenvalue weighted by atomic mass is 10.1. The number of carboxylic acids is 1. The zero-order chi connectivity index (χ0) is 12.4. The van der Waals surface area contributed by atoms with Gasteiger partial charge in [-0.2, -0.15) is 0 Å². The molecule has 0 saturated carbocycles. The molecule has 1 saturated heterocycles. The van der Waals surface area contributed by atoms with E-state index in [1.165, 1.54) is 6.26 Å². The normalized spacial score (nSPS) is 24.4. The molecule has 17 heavy (non-hydrogen) atoms. The first-order valence-corrected chi connectivity index (χ1v) is 5.71. The molecule has 2 heterocycles. The average molecular weight is 239 g/mol. The first-order valence-electron chi connectivity index (χ1n) is 5.71. The van der Waals surface area contributed by atoms with E-state index in [4.69, 9.17) is 14.3 Å². The van der Waals surface area contributed by atoms with Gasteiger partial charge in [0.25, 0.3) is 0 Å². The van der Waals surface area contributed by atoms with E-state index in [-0.39, 0.29) is 11.9 Å². The zero-order valence-electron chi connectivity index (χ0n) is 10.0. The average Bonchev–Trinajstić information content (AvgIpc) is 2.86. The van der Waals surface area contributed by atoms with Crippen molar-refractivity contribution in [3.05, 3.63) is 23.7 Å². The molecule has 2 atom stereocenters. The van der Waals surface area contributed by atoms with Crippen LogP contribution in [-0.4, -0.2) is 41.8 Å². The van der Waals surface area contributed by atoms with Gasteiger partial charge >= 0.3 is 5.97 Å². The lowest BCUT2D eigenvalue weighted by Crippen LogP contribution is -2.36. The van der Waals surface area contributed by atoms with Gasteiger partial charge in [0, 0.05) is 24.8 Å². The van der Waals surface area contributed by atoms with E-state index in [0.717, 1.165) is 13.0 Å². The van der Waals surface area contributed by atoms with Gasteiger partial charge in [-0.1, -0.05) is 0 Å². The molecule has 0 aliphatic carbocycles. The largest absolute Gasteiger partial charge is 0.475 e. The summed E-state index contributed by atoms with van der Waals surface area (Å²) in [5.41, 5.74) is 0.708. The van der Waals surface area contributed by atoms with Crippen molar-refractivity contribution in [3.63, 3.8) is 0 Å². The van der Waals surface area contributed by atoms with Crippen LogP contribution in [0.1, 0.15) is 29.5 Å². The number of carboxylic acid groups (broad SMARTS) is 1. The van der Waals surface area contributed by atoms with Crippen LogP contribution in [0.15, 0.2) is 16.7 Å². The van der Waals surface area contributed by atoms with E-state index in [0.29, 0.717) is 18.2 Å². The molecule has 1 fully saturated rings. The molecule has 1 N–H and O–H groups in total. The molecule has 1 aromatic rings. The Hall–Kier alpha value is -1.33. The molecule has 1 aliphatic heterocycles. The maximum absolute atomic E-state index is 10.9. The van der Waals surface area contributed by atoms with Crippen molar-refractivity contribution in [1.29, 1.82) is 0 Å². The van der Waals surface area contributed by atoms with Crippen molar-refractivity contribution in [3.8, 4) is 0 Å². The number of ether oxygens (including phenoxy) is 1. The number of carbonyl (C=O) groups is 1. The van der Waals surface area contributed by atoms with E-state index in [9.17, 15) is 4.79 Å². The fourth-order valence-electron chi connectivity index (χ4n) is 2.33. The molecular weight excluding hydrogens is 222 g/mol. The molecule has 94 valence electrons. The molecular formula is C12H17NO4. The van der Waals surface area contributed by atoms with Gasteiger partial charge in [-0.3, -0.25) is 4.90 Å². The maximum atomic E-state index is 10.9. The Kier molecular flexibility index (Phi) is 3.49. The SMILES string of the molecule is CC1OCCC1N(C)Cc1ccoc1C(=O)O. The van der Waals surface area contributed by atoms with Gasteiger partial charge in [0.05, 0.1) is 12.4 Å². The number of likely N-dealkylation sites (N-methyl/N-ethyl adjacent to an activating group) is 1. The first kappa shape index (κ1) is 12.1. The van der Waals surface area contributed by atoms with Crippen LogP contribution in [0.3, 0.4) is 0 Å². The number of hydrogen-bond acceptors (Lipinski definition) is 4. The number of rotatable bonds is 4. The van der Waals surface area contributed by atoms with Gasteiger partial charge < -0.3 is 14.3 Å². The smallest absolute Gasteiger partial charge is 0.372 e. The molecule has 1 aliphatic rings. The second-order valence-electron chi connectivity index (χ2n) is 4.43. The van der Waals surface area contributed by atoms with Gasteiger partial charge in [-0.25, -0.2) is 4.79 Å². The summed E-state index contributed by atoms with van der Waals surface area (Å²) in [6.07, 6.45) is 2.60. The minimum atomic E-state index is -1.02. The molecule has 0 bridgehead atoms. The summed E-state index contributed by atoms with van der Waals surface area (Å²) >= 11 is 0. The van der Waals surface area contributed by atoms with E-state index in [2.05, 4.69) is 4.90 Å². The molecule has 2 rings (SSSR count). The monoisotopic (exact) mass is 239 g/mol. The van der Waals surface area contributed by atoms with Gasteiger partial charge in [0.2, 0.25) is 5.76 Å². The third kappa shape index (κ3) is 2.50. The van der Waals surface area contributed by atoms with E-state index >= 15 is 0 Å². The standard InChI is InChI=1S/C12H17NO4/c1-8-10(4-6-16-8)13(2)7-9-3-5-17-11(9)12(14)15/h3,5,8,10H,4,6-7H2,1-2H3,(H,14,15). The lowest BCUT2D eigenvalue weighted by Gasteiger charge is -2.26. The van der Waals surface area contributed by atoms with Crippen molar-refractivity contribution in [2.24, 2.45) is 0 Å². The Labute approximate surface area is 100.0 Å². The summed E-state index contributed by atoms with van der Waals surface area (Å²) in [6.45, 7) is 3.38. The number of hydrogen-bond donors (Lipinski definition) is 1. The van der Waals surface area contributed by atoms with Crippen LogP contribution in [0.4, 0.5) is 0 Å². The van der Waals surface area contributed by atoms with Crippen LogP contribution < -0.4 is 0 Å². The Morgan fingerprint density at radius 3 is 3.00 bits per heavy atom. The first-order chi connectivity index (χ1) is 8.09. The summed E-state index contributed by atoms with van der Waals surface area (Å²) < 4.78 is 10.5. The molecule has 0 amide bonds. The second kappa shape index (κ2) is 4.89. The molecule has 5 nitrogen and oxygen atoms in total. The fourth-order valence-corrected chi connectivity index (χ4v) is 2.33. The topological polar surface area (TPSA) is 62.9 Å². The van der Waals surface area contributed by atoms with Gasteiger partial charge in [-0.05, 0) is 26.5 Å². The highest BCUT2D eigenvalue weighted by Crippen LogP contribution is 2.21. The Morgan fingerprint density at radius 2 is 2.41 bits per heavy atom. The van der Waals surface area contributed by atoms with Crippen LogP contribution in [0.2, 0.25) is 0 Å². The second-order valence-corrected chi connectivity index (χ2v) is 4.43. The summed E-state index contributed by atoms with van der Waals surface area (Å²) in [6, 6.07) is 2.05. The Morgan fingerprint density at radius 1 is 1.65 bits per heavy atom. The van der Waals surface area contributed by atoms with Gasteiger partial charge in [-0.15, -0.1) is 0 Å². The van der Waals surface area contributed by atoms with Crippen LogP contribution in [0.25, 0.3) is 0 Å². The van der Waals surface area contributed by atoms with E-state index < -0.39 is 5.97 Å². The lowest BCUT2D eigenvalue weighted by molar-refractivity contribution is 0.0655. The quantitative estimate of drug-likeness (QED) is 0.864. The van der Waals surface area contributed by atoms with Crippen LogP contribution >= 0.6 is 0 Å². The highest BCUT2D eigenvalue weighted by molar-refractivity contribution is 5.86. The van der Waals surface area contributed by atoms with Crippen molar-refractivity contribution < 1.29 is 19.1 Å². The number of aromatic carboxylic acids is 1. The van der Waals surface area contributed by atoms with Crippen LogP contribution in [-0.2, 0) is 11.3 Å². The van der Waals surface area contributed by atoms with Gasteiger partial charge in [0.15, 0.2) is 0 Å². The van der Waals surface area contributed by atoms with Crippen LogP contribution in [0, 0.1) is 0 Å². The highest BCUT2D eigenvalue weighted by atomic mass is 16.5. The molecule has 1 aromatic heterocycles. The summed E-state index contributed by atoms with van der Waals surface area (Å²) in [4.78, 5) is 13.0. The zero-order valence-corrected chi connectivity index (χ0v) is 10.0. The highest BCUT2D eigenvalue weighted by Gasteiger charge is 2.28. The van der Waals surface area contributed by atoms with Crippen molar-refractivity contribution in [1.82, 2.24) is 4.90 Å². The molecule has 0 radical (unpaired) electrons. The predicted octanol–water partition coefficient (Wildman–Crippen LogP) is 1.59. The number of furan rings is 1. The van der Waals surface area contributed by atoms with E-state index in [1.807, 2.05) is 14.0 Å². The molecule has 2 unspecified atom stereocenters. The minimum absolute atomic E-state index is 0.0309. The Balaban J connectivity index is 2.05. The third-order valence-electron chi connectivity index (χ3n) is 3.26. The third-order valence-corrected chi connectivity index (χ3v) is 3.26. The van der Waals surface area contributed by atoms with Crippen molar-refractivity contribution >= 4 is 5.97 Å².